The van der Waals surface area contributed by atoms with E-state index in [1.54, 1.807) is 0 Å². The van der Waals surface area contributed by atoms with Gasteiger partial charge in [-0.15, -0.1) is 0 Å². The summed E-state index contributed by atoms with van der Waals surface area (Å²) in [7, 11) is 1.38. The molecule has 0 aromatic rings. The molecule has 2 aliphatic rings. The number of hydrogen-bond donors (Lipinski definition) is 1. The van der Waals surface area contributed by atoms with E-state index >= 15 is 0 Å². The zero-order valence-electron chi connectivity index (χ0n) is 7.58. The van der Waals surface area contributed by atoms with Crippen LogP contribution in [0.25, 0.3) is 0 Å². The number of rotatable bonds is 1. The van der Waals surface area contributed by atoms with Crippen molar-refractivity contribution in [3.63, 3.8) is 0 Å². The average Bonchev–Trinajstić information content (AvgIpc) is 2.48. The highest BCUT2D eigenvalue weighted by atomic mass is 16.5. The van der Waals surface area contributed by atoms with Crippen LogP contribution < -0.4 is 5.32 Å². The van der Waals surface area contributed by atoms with Gasteiger partial charge in [-0.2, -0.15) is 0 Å². The summed E-state index contributed by atoms with van der Waals surface area (Å²) in [6.07, 6.45) is 1.79. The lowest BCUT2D eigenvalue weighted by atomic mass is 9.86. The first-order valence-corrected chi connectivity index (χ1v) is 4.59. The van der Waals surface area contributed by atoms with Crippen LogP contribution in [0.2, 0.25) is 0 Å². The Morgan fingerprint density at radius 1 is 1.54 bits per heavy atom. The first-order chi connectivity index (χ1) is 6.24. The molecular formula is C9H13NO3. The Morgan fingerprint density at radius 2 is 2.31 bits per heavy atom. The van der Waals surface area contributed by atoms with Gasteiger partial charge in [-0.05, 0) is 18.8 Å². The first kappa shape index (κ1) is 8.53. The van der Waals surface area contributed by atoms with Crippen molar-refractivity contribution in [2.75, 3.05) is 13.7 Å². The number of nitrogens with one attached hydrogen (secondary N) is 1. The SMILES string of the molecule is COC(=O)[C@H]1[C@H]2CC[C@@H]1C(=O)NC2. The third-order valence-corrected chi connectivity index (χ3v) is 3.14. The van der Waals surface area contributed by atoms with E-state index < -0.39 is 0 Å². The topological polar surface area (TPSA) is 55.4 Å². The van der Waals surface area contributed by atoms with Gasteiger partial charge in [0, 0.05) is 6.54 Å². The van der Waals surface area contributed by atoms with Crippen LogP contribution in [0.4, 0.5) is 0 Å². The smallest absolute Gasteiger partial charge is 0.309 e. The van der Waals surface area contributed by atoms with Gasteiger partial charge in [0.1, 0.15) is 0 Å². The third kappa shape index (κ3) is 1.20. The molecule has 1 aliphatic carbocycles. The highest BCUT2D eigenvalue weighted by Crippen LogP contribution is 2.40. The minimum Gasteiger partial charge on any atom is -0.469 e. The van der Waals surface area contributed by atoms with Gasteiger partial charge in [0.05, 0.1) is 18.9 Å². The first-order valence-electron chi connectivity index (χ1n) is 4.59. The molecule has 0 unspecified atom stereocenters. The van der Waals surface area contributed by atoms with Crippen molar-refractivity contribution >= 4 is 11.9 Å². The Bertz CT molecular complexity index is 251. The van der Waals surface area contributed by atoms with Crippen molar-refractivity contribution in [3.05, 3.63) is 0 Å². The fraction of sp³-hybridized carbons (Fsp3) is 0.778. The van der Waals surface area contributed by atoms with E-state index in [2.05, 4.69) is 5.32 Å². The van der Waals surface area contributed by atoms with Gasteiger partial charge in [-0.3, -0.25) is 9.59 Å². The second-order valence-corrected chi connectivity index (χ2v) is 3.74. The number of carbonyl (C=O) groups excluding carboxylic acids is 2. The molecule has 3 atom stereocenters. The van der Waals surface area contributed by atoms with Gasteiger partial charge in [0.15, 0.2) is 0 Å². The molecule has 0 radical (unpaired) electrons. The maximum Gasteiger partial charge on any atom is 0.309 e. The zero-order chi connectivity index (χ0) is 9.42. The van der Waals surface area contributed by atoms with Crippen LogP contribution >= 0.6 is 0 Å². The normalized spacial score (nSPS) is 37.0. The number of ether oxygens (including phenoxy) is 1. The summed E-state index contributed by atoms with van der Waals surface area (Å²) in [5, 5.41) is 2.81. The van der Waals surface area contributed by atoms with E-state index in [1.165, 1.54) is 7.11 Å². The number of methoxy groups -OCH3 is 1. The summed E-state index contributed by atoms with van der Waals surface area (Å²) < 4.78 is 4.70. The maximum atomic E-state index is 11.4. The lowest BCUT2D eigenvalue weighted by molar-refractivity contribution is -0.152. The molecule has 13 heavy (non-hydrogen) atoms. The molecule has 1 amide bonds. The van der Waals surface area contributed by atoms with Crippen molar-refractivity contribution in [2.45, 2.75) is 12.8 Å². The van der Waals surface area contributed by atoms with Gasteiger partial charge < -0.3 is 10.1 Å². The lowest BCUT2D eigenvalue weighted by Gasteiger charge is -2.27. The summed E-state index contributed by atoms with van der Waals surface area (Å²) >= 11 is 0. The minimum atomic E-state index is -0.220. The molecule has 1 saturated carbocycles. The molecule has 2 fully saturated rings. The van der Waals surface area contributed by atoms with Gasteiger partial charge in [-0.25, -0.2) is 0 Å². The zero-order valence-corrected chi connectivity index (χ0v) is 7.58. The Kier molecular flexibility index (Phi) is 1.98. The number of carbonyl (C=O) groups is 2. The highest BCUT2D eigenvalue weighted by molar-refractivity contribution is 5.87. The predicted molar refractivity (Wildman–Crippen MR) is 44.7 cm³/mol. The van der Waals surface area contributed by atoms with Crippen LogP contribution in [0.5, 0.6) is 0 Å². The number of piperidine rings is 1. The van der Waals surface area contributed by atoms with E-state index in [1.807, 2.05) is 0 Å². The summed E-state index contributed by atoms with van der Waals surface area (Å²) in [6.45, 7) is 0.634. The van der Waals surface area contributed by atoms with Crippen molar-refractivity contribution in [3.8, 4) is 0 Å². The van der Waals surface area contributed by atoms with E-state index in [0.717, 1.165) is 12.8 Å². The van der Waals surface area contributed by atoms with Crippen molar-refractivity contribution in [1.29, 1.82) is 0 Å². The van der Waals surface area contributed by atoms with Crippen LogP contribution in [0, 0.1) is 17.8 Å². The fourth-order valence-corrected chi connectivity index (χ4v) is 2.46. The van der Waals surface area contributed by atoms with Crippen LogP contribution in [-0.2, 0) is 14.3 Å². The van der Waals surface area contributed by atoms with Crippen molar-refractivity contribution in [1.82, 2.24) is 5.32 Å². The standard InChI is InChI=1S/C9H13NO3/c1-13-9(12)7-5-2-3-6(7)8(11)10-4-5/h5-7H,2-4H2,1H3,(H,10,11)/t5-,6-,7-/m0/s1. The van der Waals surface area contributed by atoms with Crippen LogP contribution in [0.15, 0.2) is 0 Å². The molecule has 2 rings (SSSR count). The Balaban J connectivity index is 2.19. The van der Waals surface area contributed by atoms with Gasteiger partial charge >= 0.3 is 5.97 Å². The van der Waals surface area contributed by atoms with Gasteiger partial charge in [0.25, 0.3) is 0 Å². The molecule has 1 heterocycles. The molecule has 1 saturated heterocycles. The second-order valence-electron chi connectivity index (χ2n) is 3.74. The molecule has 4 nitrogen and oxygen atoms in total. The van der Waals surface area contributed by atoms with Gasteiger partial charge in [0.2, 0.25) is 5.91 Å². The Labute approximate surface area is 76.6 Å². The third-order valence-electron chi connectivity index (χ3n) is 3.14. The molecule has 0 aromatic carbocycles. The maximum absolute atomic E-state index is 11.4. The fourth-order valence-electron chi connectivity index (χ4n) is 2.46. The van der Waals surface area contributed by atoms with Gasteiger partial charge in [-0.1, -0.05) is 0 Å². The highest BCUT2D eigenvalue weighted by Gasteiger charge is 2.48. The monoisotopic (exact) mass is 183 g/mol. The molecule has 1 aliphatic heterocycles. The summed E-state index contributed by atoms with van der Waals surface area (Å²) in [5.74, 6) is -0.216. The van der Waals surface area contributed by atoms with E-state index in [0.29, 0.717) is 12.5 Å². The van der Waals surface area contributed by atoms with Crippen LogP contribution in [-0.4, -0.2) is 25.5 Å². The van der Waals surface area contributed by atoms with Crippen molar-refractivity contribution in [2.24, 2.45) is 17.8 Å². The number of amides is 1. The molecule has 1 N–H and O–H groups in total. The molecule has 2 bridgehead atoms. The quantitative estimate of drug-likeness (QED) is 0.579. The molecule has 4 heteroatoms. The van der Waals surface area contributed by atoms with E-state index in [4.69, 9.17) is 4.74 Å². The lowest BCUT2D eigenvalue weighted by Crippen LogP contribution is -2.46. The predicted octanol–water partition coefficient (Wildman–Crippen LogP) is -0.0684. The van der Waals surface area contributed by atoms with E-state index in [-0.39, 0.29) is 23.7 Å². The number of fused-ring (bicyclic) bond motifs is 2. The molecule has 0 aromatic heterocycles. The Morgan fingerprint density at radius 3 is 3.00 bits per heavy atom. The second kappa shape index (κ2) is 3.01. The molecule has 72 valence electrons. The van der Waals surface area contributed by atoms with Crippen molar-refractivity contribution < 1.29 is 14.3 Å². The summed E-state index contributed by atoms with van der Waals surface area (Å²) in [4.78, 5) is 22.7. The van der Waals surface area contributed by atoms with E-state index in [9.17, 15) is 9.59 Å². The summed E-state index contributed by atoms with van der Waals surface area (Å²) in [6, 6.07) is 0. The number of hydrogen-bond acceptors (Lipinski definition) is 3. The van der Waals surface area contributed by atoms with Crippen LogP contribution in [0.1, 0.15) is 12.8 Å². The molecule has 0 spiro atoms. The molecular weight excluding hydrogens is 170 g/mol. The minimum absolute atomic E-state index is 0.0177. The largest absolute Gasteiger partial charge is 0.469 e. The Hall–Kier alpha value is -1.06. The van der Waals surface area contributed by atoms with Crippen LogP contribution in [0.3, 0.4) is 0 Å². The average molecular weight is 183 g/mol. The number of esters is 1. The summed E-state index contributed by atoms with van der Waals surface area (Å²) in [5.41, 5.74) is 0.